The predicted octanol–water partition coefficient (Wildman–Crippen LogP) is 2.84. The lowest BCUT2D eigenvalue weighted by atomic mass is 10.1. The van der Waals surface area contributed by atoms with Gasteiger partial charge >= 0.3 is 0 Å². The maximum absolute atomic E-state index is 4.31. The maximum Gasteiger partial charge on any atom is 0.0438 e. The highest BCUT2D eigenvalue weighted by Crippen LogP contribution is 2.23. The lowest BCUT2D eigenvalue weighted by Gasteiger charge is -1.92. The van der Waals surface area contributed by atoms with Crippen molar-refractivity contribution in [3.05, 3.63) is 29.6 Å². The van der Waals surface area contributed by atoms with E-state index in [1.165, 1.54) is 24.1 Å². The summed E-state index contributed by atoms with van der Waals surface area (Å²) in [5.41, 5.74) is 2.77. The van der Waals surface area contributed by atoms with Crippen LogP contribution >= 0.6 is 0 Å². The largest absolute Gasteiger partial charge is 0.261 e. The van der Waals surface area contributed by atoms with E-state index in [9.17, 15) is 0 Å². The van der Waals surface area contributed by atoms with Gasteiger partial charge in [-0.3, -0.25) is 4.98 Å². The number of hydrogen-bond acceptors (Lipinski definition) is 1. The molecule has 0 spiro atoms. The van der Waals surface area contributed by atoms with Crippen molar-refractivity contribution < 1.29 is 0 Å². The Kier molecular flexibility index (Phi) is 3.27. The molecule has 2 rings (SSSR count). The standard InChI is InChI=1S/C9H11N.C2H6/c1-7-5-8-3-2-4-10-9(8)6-7;1-2/h2-4,7H,5-6H2,1H3;1-2H3. The Bertz CT molecular complexity index is 218. The average molecular weight is 163 g/mol. The van der Waals surface area contributed by atoms with Crippen LogP contribution in [0, 0.1) is 5.92 Å². The van der Waals surface area contributed by atoms with Gasteiger partial charge in [0.1, 0.15) is 0 Å². The first-order chi connectivity index (χ1) is 5.86. The van der Waals surface area contributed by atoms with Gasteiger partial charge in [0.05, 0.1) is 0 Å². The van der Waals surface area contributed by atoms with E-state index in [0.29, 0.717) is 0 Å². The third-order valence-electron chi connectivity index (χ3n) is 2.09. The fourth-order valence-corrected chi connectivity index (χ4v) is 1.62. The minimum absolute atomic E-state index is 0.810. The number of pyridine rings is 1. The zero-order valence-corrected chi connectivity index (χ0v) is 8.17. The Hall–Kier alpha value is -0.850. The molecule has 1 heterocycles. The molecule has 0 saturated carbocycles. The molecule has 0 N–H and O–H groups in total. The van der Waals surface area contributed by atoms with E-state index >= 15 is 0 Å². The summed E-state index contributed by atoms with van der Waals surface area (Å²) in [7, 11) is 0. The zero-order valence-electron chi connectivity index (χ0n) is 8.17. The lowest BCUT2D eigenvalue weighted by molar-refractivity contribution is 0.623. The van der Waals surface area contributed by atoms with Gasteiger partial charge in [0.15, 0.2) is 0 Å². The fraction of sp³-hybridized carbons (Fsp3) is 0.545. The van der Waals surface area contributed by atoms with Crippen LogP contribution in [0.3, 0.4) is 0 Å². The summed E-state index contributed by atoms with van der Waals surface area (Å²) in [5.74, 6) is 0.810. The molecule has 0 bridgehead atoms. The molecule has 66 valence electrons. The highest BCUT2D eigenvalue weighted by atomic mass is 14.7. The van der Waals surface area contributed by atoms with Crippen molar-refractivity contribution in [2.45, 2.75) is 33.6 Å². The Labute approximate surface area is 74.8 Å². The van der Waals surface area contributed by atoms with Crippen molar-refractivity contribution in [2.24, 2.45) is 5.92 Å². The molecule has 1 aromatic rings. The molecule has 0 saturated heterocycles. The van der Waals surface area contributed by atoms with Gasteiger partial charge in [-0.2, -0.15) is 0 Å². The molecule has 1 unspecified atom stereocenters. The van der Waals surface area contributed by atoms with Crippen molar-refractivity contribution in [1.29, 1.82) is 0 Å². The smallest absolute Gasteiger partial charge is 0.0438 e. The Morgan fingerprint density at radius 3 is 2.75 bits per heavy atom. The number of hydrogen-bond donors (Lipinski definition) is 0. The third-order valence-corrected chi connectivity index (χ3v) is 2.09. The highest BCUT2D eigenvalue weighted by Gasteiger charge is 2.17. The monoisotopic (exact) mass is 163 g/mol. The molecule has 1 aliphatic carbocycles. The van der Waals surface area contributed by atoms with Crippen LogP contribution in [0.4, 0.5) is 0 Å². The van der Waals surface area contributed by atoms with E-state index in [0.717, 1.165) is 5.92 Å². The number of nitrogens with zero attached hydrogens (tertiary/aromatic N) is 1. The second-order valence-electron chi connectivity index (χ2n) is 3.12. The molecule has 12 heavy (non-hydrogen) atoms. The first-order valence-corrected chi connectivity index (χ1v) is 4.79. The van der Waals surface area contributed by atoms with E-state index in [2.05, 4.69) is 18.0 Å². The predicted molar refractivity (Wildman–Crippen MR) is 52.2 cm³/mol. The van der Waals surface area contributed by atoms with Gasteiger partial charge in [0.25, 0.3) is 0 Å². The summed E-state index contributed by atoms with van der Waals surface area (Å²) >= 11 is 0. The van der Waals surface area contributed by atoms with Crippen LogP contribution in [0.25, 0.3) is 0 Å². The maximum atomic E-state index is 4.31. The molecule has 1 aromatic heterocycles. The van der Waals surface area contributed by atoms with Crippen molar-refractivity contribution in [2.75, 3.05) is 0 Å². The minimum atomic E-state index is 0.810. The van der Waals surface area contributed by atoms with Crippen LogP contribution in [0.15, 0.2) is 18.3 Å². The first-order valence-electron chi connectivity index (χ1n) is 4.79. The van der Waals surface area contributed by atoms with Crippen LogP contribution in [-0.2, 0) is 12.8 Å². The Balaban J connectivity index is 0.000000336. The average Bonchev–Trinajstić information content (AvgIpc) is 2.48. The van der Waals surface area contributed by atoms with Gasteiger partial charge in [-0.05, 0) is 30.4 Å². The summed E-state index contributed by atoms with van der Waals surface area (Å²) < 4.78 is 0. The lowest BCUT2D eigenvalue weighted by Crippen LogP contribution is -1.90. The summed E-state index contributed by atoms with van der Waals surface area (Å²) in [6.45, 7) is 6.28. The Morgan fingerprint density at radius 2 is 2.08 bits per heavy atom. The van der Waals surface area contributed by atoms with E-state index in [-0.39, 0.29) is 0 Å². The molecule has 1 atom stereocenters. The topological polar surface area (TPSA) is 12.9 Å². The molecule has 1 heteroatoms. The normalized spacial score (nSPS) is 19.4. The van der Waals surface area contributed by atoms with E-state index in [4.69, 9.17) is 0 Å². The van der Waals surface area contributed by atoms with Crippen molar-refractivity contribution >= 4 is 0 Å². The molecular weight excluding hydrogens is 146 g/mol. The molecule has 0 aromatic carbocycles. The quantitative estimate of drug-likeness (QED) is 0.573. The molecule has 0 radical (unpaired) electrons. The number of fused-ring (bicyclic) bond motifs is 1. The molecule has 1 aliphatic rings. The summed E-state index contributed by atoms with van der Waals surface area (Å²) in [5, 5.41) is 0. The van der Waals surface area contributed by atoms with Crippen LogP contribution in [0.2, 0.25) is 0 Å². The van der Waals surface area contributed by atoms with Crippen LogP contribution in [-0.4, -0.2) is 4.98 Å². The van der Waals surface area contributed by atoms with Gasteiger partial charge < -0.3 is 0 Å². The van der Waals surface area contributed by atoms with Gasteiger partial charge in [-0.1, -0.05) is 26.8 Å². The summed E-state index contributed by atoms with van der Waals surface area (Å²) in [6.07, 6.45) is 4.29. The minimum Gasteiger partial charge on any atom is -0.261 e. The summed E-state index contributed by atoms with van der Waals surface area (Å²) in [4.78, 5) is 4.31. The van der Waals surface area contributed by atoms with E-state index < -0.39 is 0 Å². The Morgan fingerprint density at radius 1 is 1.33 bits per heavy atom. The van der Waals surface area contributed by atoms with Gasteiger partial charge in [0, 0.05) is 11.9 Å². The highest BCUT2D eigenvalue weighted by molar-refractivity contribution is 5.25. The molecule has 0 aliphatic heterocycles. The third kappa shape index (κ3) is 1.84. The van der Waals surface area contributed by atoms with Gasteiger partial charge in [-0.25, -0.2) is 0 Å². The SMILES string of the molecule is CC.CC1Cc2cccnc2C1. The number of aromatic nitrogens is 1. The number of rotatable bonds is 0. The van der Waals surface area contributed by atoms with Crippen molar-refractivity contribution in [3.8, 4) is 0 Å². The van der Waals surface area contributed by atoms with Crippen molar-refractivity contribution in [3.63, 3.8) is 0 Å². The van der Waals surface area contributed by atoms with Crippen LogP contribution in [0.1, 0.15) is 32.0 Å². The van der Waals surface area contributed by atoms with Gasteiger partial charge in [0.2, 0.25) is 0 Å². The second-order valence-corrected chi connectivity index (χ2v) is 3.12. The zero-order chi connectivity index (χ0) is 8.97. The second kappa shape index (κ2) is 4.24. The van der Waals surface area contributed by atoms with Gasteiger partial charge in [-0.15, -0.1) is 0 Å². The van der Waals surface area contributed by atoms with E-state index in [1.54, 1.807) is 0 Å². The van der Waals surface area contributed by atoms with Crippen LogP contribution < -0.4 is 0 Å². The van der Waals surface area contributed by atoms with Crippen LogP contribution in [0.5, 0.6) is 0 Å². The molecule has 0 amide bonds. The summed E-state index contributed by atoms with van der Waals surface area (Å²) in [6, 6.07) is 4.21. The molecule has 0 fully saturated rings. The van der Waals surface area contributed by atoms with Crippen molar-refractivity contribution in [1.82, 2.24) is 4.98 Å². The van der Waals surface area contributed by atoms with E-state index in [1.807, 2.05) is 26.1 Å². The molecule has 1 nitrogen and oxygen atoms in total. The first kappa shape index (κ1) is 9.24. The fourth-order valence-electron chi connectivity index (χ4n) is 1.62. The molecular formula is C11H17N.